The van der Waals surface area contributed by atoms with Crippen molar-refractivity contribution in [1.82, 2.24) is 10.2 Å². The van der Waals surface area contributed by atoms with Crippen molar-refractivity contribution >= 4 is 5.97 Å². The van der Waals surface area contributed by atoms with Crippen molar-refractivity contribution < 1.29 is 14.3 Å². The molecule has 5 nitrogen and oxygen atoms in total. The van der Waals surface area contributed by atoms with E-state index in [1.165, 1.54) is 7.11 Å². The van der Waals surface area contributed by atoms with Gasteiger partial charge in [0.25, 0.3) is 0 Å². The molecule has 0 aromatic carbocycles. The summed E-state index contributed by atoms with van der Waals surface area (Å²) in [5, 5.41) is 3.29. The summed E-state index contributed by atoms with van der Waals surface area (Å²) in [7, 11) is 1.45. The minimum atomic E-state index is -0.636. The first-order chi connectivity index (χ1) is 9.87. The molecule has 124 valence electrons. The number of hydrogen-bond donors (Lipinski definition) is 1. The molecule has 0 amide bonds. The van der Waals surface area contributed by atoms with Crippen LogP contribution in [0.15, 0.2) is 0 Å². The summed E-state index contributed by atoms with van der Waals surface area (Å²) in [6, 6.07) is 0.726. The highest BCUT2D eigenvalue weighted by molar-refractivity contribution is 5.80. The number of ether oxygens (including phenoxy) is 2. The van der Waals surface area contributed by atoms with E-state index in [0.717, 1.165) is 32.5 Å². The van der Waals surface area contributed by atoms with Crippen molar-refractivity contribution in [3.8, 4) is 0 Å². The molecule has 1 heterocycles. The van der Waals surface area contributed by atoms with Gasteiger partial charge in [-0.25, -0.2) is 0 Å². The van der Waals surface area contributed by atoms with E-state index in [2.05, 4.69) is 31.0 Å². The fraction of sp³-hybridized carbons (Fsp3) is 0.938. The fourth-order valence-electron chi connectivity index (χ4n) is 3.31. The Bertz CT molecular complexity index is 337. The molecule has 1 aliphatic rings. The van der Waals surface area contributed by atoms with E-state index in [1.807, 2.05) is 13.8 Å². The summed E-state index contributed by atoms with van der Waals surface area (Å²) in [5.74, 6) is -0.189. The number of morpholine rings is 1. The molecule has 1 aliphatic heterocycles. The molecule has 21 heavy (non-hydrogen) atoms. The van der Waals surface area contributed by atoms with E-state index in [0.29, 0.717) is 12.1 Å². The number of nitrogens with one attached hydrogen (secondary N) is 1. The van der Waals surface area contributed by atoms with Crippen molar-refractivity contribution in [2.24, 2.45) is 0 Å². The zero-order valence-corrected chi connectivity index (χ0v) is 14.4. The van der Waals surface area contributed by atoms with Crippen LogP contribution >= 0.6 is 0 Å². The molecule has 0 radical (unpaired) electrons. The Hall–Kier alpha value is -0.650. The molecule has 0 aromatic rings. The van der Waals surface area contributed by atoms with Gasteiger partial charge in [-0.05, 0) is 40.2 Å². The number of hydrogen-bond acceptors (Lipinski definition) is 5. The summed E-state index contributed by atoms with van der Waals surface area (Å²) < 4.78 is 10.7. The van der Waals surface area contributed by atoms with E-state index >= 15 is 0 Å². The third-order valence-electron chi connectivity index (χ3n) is 4.45. The maximum atomic E-state index is 12.1. The van der Waals surface area contributed by atoms with Gasteiger partial charge in [0, 0.05) is 18.6 Å². The van der Waals surface area contributed by atoms with Gasteiger partial charge in [0.05, 0.1) is 19.8 Å². The Morgan fingerprint density at radius 1 is 1.52 bits per heavy atom. The Morgan fingerprint density at radius 3 is 2.71 bits per heavy atom. The van der Waals surface area contributed by atoms with E-state index in [9.17, 15) is 4.79 Å². The van der Waals surface area contributed by atoms with Gasteiger partial charge in [-0.3, -0.25) is 9.69 Å². The van der Waals surface area contributed by atoms with Gasteiger partial charge in [0.1, 0.15) is 5.54 Å². The monoisotopic (exact) mass is 300 g/mol. The molecule has 0 bridgehead atoms. The highest BCUT2D eigenvalue weighted by Gasteiger charge is 2.38. The predicted octanol–water partition coefficient (Wildman–Crippen LogP) is 1.81. The largest absolute Gasteiger partial charge is 0.468 e. The normalized spacial score (nSPS) is 27.9. The Labute approximate surface area is 129 Å². The third-order valence-corrected chi connectivity index (χ3v) is 4.45. The van der Waals surface area contributed by atoms with Crippen LogP contribution in [0.5, 0.6) is 0 Å². The number of methoxy groups -OCH3 is 1. The smallest absolute Gasteiger partial charge is 0.325 e. The molecule has 4 atom stereocenters. The van der Waals surface area contributed by atoms with Gasteiger partial charge in [-0.2, -0.15) is 0 Å². The molecule has 4 unspecified atom stereocenters. The molecule has 1 rings (SSSR count). The summed E-state index contributed by atoms with van der Waals surface area (Å²) >= 11 is 0. The van der Waals surface area contributed by atoms with Crippen LogP contribution < -0.4 is 5.32 Å². The molecule has 1 N–H and O–H groups in total. The van der Waals surface area contributed by atoms with Gasteiger partial charge < -0.3 is 14.8 Å². The average molecular weight is 300 g/mol. The van der Waals surface area contributed by atoms with Crippen LogP contribution in [0.25, 0.3) is 0 Å². The Balaban J connectivity index is 2.79. The lowest BCUT2D eigenvalue weighted by atomic mass is 9.91. The van der Waals surface area contributed by atoms with E-state index in [1.54, 1.807) is 0 Å². The second-order valence-electron chi connectivity index (χ2n) is 6.31. The zero-order chi connectivity index (χ0) is 16.0. The minimum absolute atomic E-state index is 0.189. The van der Waals surface area contributed by atoms with Crippen LogP contribution in [-0.2, 0) is 14.3 Å². The second-order valence-corrected chi connectivity index (χ2v) is 6.31. The van der Waals surface area contributed by atoms with Gasteiger partial charge in [-0.15, -0.1) is 0 Å². The van der Waals surface area contributed by atoms with Gasteiger partial charge >= 0.3 is 5.97 Å². The van der Waals surface area contributed by atoms with E-state index in [-0.39, 0.29) is 12.1 Å². The van der Waals surface area contributed by atoms with Crippen molar-refractivity contribution in [3.63, 3.8) is 0 Å². The van der Waals surface area contributed by atoms with E-state index < -0.39 is 5.54 Å². The highest BCUT2D eigenvalue weighted by atomic mass is 16.5. The fourth-order valence-corrected chi connectivity index (χ4v) is 3.31. The number of rotatable bonds is 7. The average Bonchev–Trinajstić information content (AvgIpc) is 2.46. The van der Waals surface area contributed by atoms with E-state index in [4.69, 9.17) is 9.47 Å². The number of carbonyl (C=O) groups is 1. The van der Waals surface area contributed by atoms with Crippen molar-refractivity contribution in [2.75, 3.05) is 26.8 Å². The Kier molecular flexibility index (Phi) is 7.10. The van der Waals surface area contributed by atoms with Crippen LogP contribution in [0.2, 0.25) is 0 Å². The maximum absolute atomic E-state index is 12.1. The number of nitrogens with zero attached hydrogens (tertiary/aromatic N) is 1. The quantitative estimate of drug-likeness (QED) is 0.727. The lowest BCUT2D eigenvalue weighted by Crippen LogP contribution is -2.58. The van der Waals surface area contributed by atoms with Crippen LogP contribution in [0.3, 0.4) is 0 Å². The van der Waals surface area contributed by atoms with Crippen LogP contribution in [0.4, 0.5) is 0 Å². The molecular formula is C16H32N2O3. The van der Waals surface area contributed by atoms with Crippen molar-refractivity contribution in [2.45, 2.75) is 71.2 Å². The SMILES string of the molecule is CCNC(C)(CC(C)N1CC(C)OCC1CC)C(=O)OC. The first-order valence-electron chi connectivity index (χ1n) is 8.08. The standard InChI is InChI=1S/C16H32N2O3/c1-7-14-11-21-13(4)10-18(14)12(3)9-16(5,17-8-2)15(19)20-6/h12-14,17H,7-11H2,1-6H3. The molecule has 1 saturated heterocycles. The number of likely N-dealkylation sites (N-methyl/N-ethyl adjacent to an activating group) is 1. The lowest BCUT2D eigenvalue weighted by Gasteiger charge is -2.44. The van der Waals surface area contributed by atoms with Crippen molar-refractivity contribution in [1.29, 1.82) is 0 Å². The lowest BCUT2D eigenvalue weighted by molar-refractivity contribution is -0.149. The van der Waals surface area contributed by atoms with Crippen LogP contribution in [0.1, 0.15) is 47.5 Å². The first-order valence-corrected chi connectivity index (χ1v) is 8.08. The van der Waals surface area contributed by atoms with Crippen LogP contribution in [0, 0.1) is 0 Å². The zero-order valence-electron chi connectivity index (χ0n) is 14.4. The summed E-state index contributed by atoms with van der Waals surface area (Å²) in [5.41, 5.74) is -0.636. The molecule has 0 aromatic heterocycles. The van der Waals surface area contributed by atoms with Gasteiger partial charge in [0.2, 0.25) is 0 Å². The first kappa shape index (κ1) is 18.4. The van der Waals surface area contributed by atoms with Gasteiger partial charge in [0.15, 0.2) is 0 Å². The van der Waals surface area contributed by atoms with Crippen molar-refractivity contribution in [3.05, 3.63) is 0 Å². The summed E-state index contributed by atoms with van der Waals surface area (Å²) in [6.45, 7) is 12.9. The minimum Gasteiger partial charge on any atom is -0.468 e. The molecule has 0 spiro atoms. The van der Waals surface area contributed by atoms with Gasteiger partial charge in [-0.1, -0.05) is 13.8 Å². The van der Waals surface area contributed by atoms with Crippen LogP contribution in [-0.4, -0.2) is 61.4 Å². The number of esters is 1. The molecule has 0 saturated carbocycles. The number of carbonyl (C=O) groups excluding carboxylic acids is 1. The summed E-state index contributed by atoms with van der Waals surface area (Å²) in [6.07, 6.45) is 2.04. The summed E-state index contributed by atoms with van der Waals surface area (Å²) in [4.78, 5) is 14.6. The predicted molar refractivity (Wildman–Crippen MR) is 84.4 cm³/mol. The third kappa shape index (κ3) is 4.66. The topological polar surface area (TPSA) is 50.8 Å². The molecular weight excluding hydrogens is 268 g/mol. The molecule has 5 heteroatoms. The maximum Gasteiger partial charge on any atom is 0.325 e. The highest BCUT2D eigenvalue weighted by Crippen LogP contribution is 2.24. The molecule has 1 fully saturated rings. The second kappa shape index (κ2) is 8.11. The molecule has 0 aliphatic carbocycles. The Morgan fingerprint density at radius 2 is 2.19 bits per heavy atom.